The number of fused-ring (bicyclic) bond motifs is 1. The van der Waals surface area contributed by atoms with Crippen molar-refractivity contribution in [1.29, 1.82) is 0 Å². The molecule has 1 aliphatic rings. The first-order valence-electron chi connectivity index (χ1n) is 12.1. The van der Waals surface area contributed by atoms with Gasteiger partial charge in [0.2, 0.25) is 5.95 Å². The number of anilines is 2. The van der Waals surface area contributed by atoms with Gasteiger partial charge in [-0.05, 0) is 24.5 Å². The minimum absolute atomic E-state index is 0.0923. The number of aliphatic hydroxyl groups excluding tert-OH is 1. The fourth-order valence-corrected chi connectivity index (χ4v) is 4.53. The van der Waals surface area contributed by atoms with Crippen LogP contribution in [0.5, 0.6) is 5.75 Å². The molecule has 0 aliphatic carbocycles. The zero-order valence-electron chi connectivity index (χ0n) is 20.1. The van der Waals surface area contributed by atoms with Gasteiger partial charge in [0.1, 0.15) is 16.8 Å². The molecule has 3 heterocycles. The third kappa shape index (κ3) is 5.75. The highest BCUT2D eigenvalue weighted by molar-refractivity contribution is 5.86. The number of nitrogens with one attached hydrogen (secondary N) is 2. The fourth-order valence-electron chi connectivity index (χ4n) is 4.53. The Morgan fingerprint density at radius 1 is 1.21 bits per heavy atom. The van der Waals surface area contributed by atoms with E-state index in [0.29, 0.717) is 24.3 Å². The van der Waals surface area contributed by atoms with E-state index in [1.165, 1.54) is 5.56 Å². The van der Waals surface area contributed by atoms with Crippen LogP contribution in [0.2, 0.25) is 0 Å². The lowest BCUT2D eigenvalue weighted by Gasteiger charge is -2.27. The number of hydrogen-bond acceptors (Lipinski definition) is 9. The molecule has 184 valence electrons. The maximum Gasteiger partial charge on any atom is 0.222 e. The molecule has 0 bridgehead atoms. The maximum absolute atomic E-state index is 9.47. The predicted molar refractivity (Wildman–Crippen MR) is 134 cm³/mol. The van der Waals surface area contributed by atoms with Crippen LogP contribution in [0.4, 0.5) is 11.8 Å². The quantitative estimate of drug-likeness (QED) is 0.333. The molecule has 34 heavy (non-hydrogen) atoms. The monoisotopic (exact) mass is 468 g/mol. The zero-order valence-corrected chi connectivity index (χ0v) is 20.1. The number of benzene rings is 1. The molecule has 1 aliphatic heterocycles. The Morgan fingerprint density at radius 2 is 2.03 bits per heavy atom. The Labute approximate surface area is 200 Å². The average Bonchev–Trinajstić information content (AvgIpc) is 3.23. The van der Waals surface area contributed by atoms with Gasteiger partial charge in [0.05, 0.1) is 19.9 Å². The third-order valence-electron chi connectivity index (χ3n) is 6.25. The van der Waals surface area contributed by atoms with E-state index in [1.807, 2.05) is 4.68 Å². The minimum Gasteiger partial charge on any atom is -0.496 e. The maximum atomic E-state index is 9.47. The van der Waals surface area contributed by atoms with Gasteiger partial charge >= 0.3 is 0 Å². The van der Waals surface area contributed by atoms with Gasteiger partial charge in [-0.15, -0.1) is 0 Å². The van der Waals surface area contributed by atoms with E-state index in [0.717, 1.165) is 62.4 Å². The first-order valence-corrected chi connectivity index (χ1v) is 12.1. The number of rotatable bonds is 11. The molecule has 1 fully saturated rings. The van der Waals surface area contributed by atoms with Crippen molar-refractivity contribution >= 4 is 22.8 Å². The Kier molecular flexibility index (Phi) is 8.15. The summed E-state index contributed by atoms with van der Waals surface area (Å²) in [5.41, 5.74) is 9.71. The third-order valence-corrected chi connectivity index (χ3v) is 6.25. The van der Waals surface area contributed by atoms with Crippen molar-refractivity contribution in [2.75, 3.05) is 50.9 Å². The van der Waals surface area contributed by atoms with Crippen LogP contribution in [0, 0.1) is 0 Å². The molecule has 1 saturated heterocycles. The SMILES string of the molecule is CCC[C@@H](CCO)Nc1nc(N)nc2cnn(Cc3ccc(CN4CCNCC4)cc3OC)c12. The summed E-state index contributed by atoms with van der Waals surface area (Å²) < 4.78 is 7.63. The van der Waals surface area contributed by atoms with Crippen LogP contribution >= 0.6 is 0 Å². The second-order valence-corrected chi connectivity index (χ2v) is 8.78. The smallest absolute Gasteiger partial charge is 0.222 e. The van der Waals surface area contributed by atoms with E-state index in [2.05, 4.69) is 55.7 Å². The number of aromatic nitrogens is 4. The van der Waals surface area contributed by atoms with Crippen LogP contribution < -0.4 is 21.1 Å². The number of methoxy groups -OCH3 is 1. The van der Waals surface area contributed by atoms with Crippen molar-refractivity contribution in [2.45, 2.75) is 45.3 Å². The molecular formula is C24H36N8O2. The van der Waals surface area contributed by atoms with E-state index >= 15 is 0 Å². The van der Waals surface area contributed by atoms with Crippen molar-refractivity contribution < 1.29 is 9.84 Å². The van der Waals surface area contributed by atoms with Crippen LogP contribution in [0.1, 0.15) is 37.3 Å². The van der Waals surface area contributed by atoms with E-state index in [9.17, 15) is 5.11 Å². The van der Waals surface area contributed by atoms with Crippen LogP contribution in [-0.4, -0.2) is 75.7 Å². The molecular weight excluding hydrogens is 432 g/mol. The Bertz CT molecular complexity index is 1070. The number of piperazine rings is 1. The van der Waals surface area contributed by atoms with Crippen molar-refractivity contribution in [3.05, 3.63) is 35.5 Å². The number of aliphatic hydroxyl groups is 1. The summed E-state index contributed by atoms with van der Waals surface area (Å²) in [7, 11) is 1.70. The van der Waals surface area contributed by atoms with Gasteiger partial charge in [0.25, 0.3) is 0 Å². The van der Waals surface area contributed by atoms with Crippen molar-refractivity contribution in [3.8, 4) is 5.75 Å². The summed E-state index contributed by atoms with van der Waals surface area (Å²) in [6.45, 7) is 7.82. The average molecular weight is 469 g/mol. The number of hydrogen-bond donors (Lipinski definition) is 4. The summed E-state index contributed by atoms with van der Waals surface area (Å²) in [5.74, 6) is 1.68. The van der Waals surface area contributed by atoms with Gasteiger partial charge in [0.15, 0.2) is 5.82 Å². The standard InChI is InChI=1S/C24H36N8O2/c1-3-4-19(7-12-33)28-23-22-20(29-24(25)30-23)14-27-32(22)16-18-6-5-17(13-21(18)34-2)15-31-10-8-26-9-11-31/h5-6,13-14,19,26,33H,3-4,7-12,15-16H2,1-2H3,(H3,25,28,29,30)/t19-/m0/s1. The summed E-state index contributed by atoms with van der Waals surface area (Å²) in [6.07, 6.45) is 4.26. The second kappa shape index (κ2) is 11.5. The van der Waals surface area contributed by atoms with Crippen molar-refractivity contribution in [1.82, 2.24) is 30.0 Å². The summed E-state index contributed by atoms with van der Waals surface area (Å²) in [6, 6.07) is 6.49. The minimum atomic E-state index is 0.0923. The number of nitrogens with two attached hydrogens (primary N) is 1. The van der Waals surface area contributed by atoms with Gasteiger partial charge in [-0.3, -0.25) is 9.58 Å². The normalized spacial score (nSPS) is 15.5. The lowest BCUT2D eigenvalue weighted by atomic mass is 10.1. The fraction of sp³-hybridized carbons (Fsp3) is 0.542. The van der Waals surface area contributed by atoms with Gasteiger partial charge < -0.3 is 26.2 Å². The molecule has 5 N–H and O–H groups in total. The molecule has 0 radical (unpaired) electrons. The zero-order chi connectivity index (χ0) is 23.9. The molecule has 1 atom stereocenters. The molecule has 4 rings (SSSR count). The van der Waals surface area contributed by atoms with Gasteiger partial charge in [-0.2, -0.15) is 10.1 Å². The molecule has 0 unspecified atom stereocenters. The topological polar surface area (TPSA) is 126 Å². The molecule has 3 aromatic rings. The van der Waals surface area contributed by atoms with E-state index in [1.54, 1.807) is 13.3 Å². The van der Waals surface area contributed by atoms with E-state index < -0.39 is 0 Å². The summed E-state index contributed by atoms with van der Waals surface area (Å²) in [5, 5.41) is 20.9. The Balaban J connectivity index is 1.60. The predicted octanol–water partition coefficient (Wildman–Crippen LogP) is 1.83. The molecule has 1 aromatic carbocycles. The molecule has 10 nitrogen and oxygen atoms in total. The highest BCUT2D eigenvalue weighted by Gasteiger charge is 2.18. The largest absolute Gasteiger partial charge is 0.496 e. The Hall–Kier alpha value is -2.95. The molecule has 0 amide bonds. The van der Waals surface area contributed by atoms with Crippen LogP contribution in [-0.2, 0) is 13.1 Å². The molecule has 10 heteroatoms. The summed E-state index contributed by atoms with van der Waals surface area (Å²) in [4.78, 5) is 11.3. The van der Waals surface area contributed by atoms with E-state index in [4.69, 9.17) is 10.5 Å². The number of ether oxygens (including phenoxy) is 1. The number of nitrogens with zero attached hydrogens (tertiary/aromatic N) is 5. The molecule has 0 saturated carbocycles. The highest BCUT2D eigenvalue weighted by Crippen LogP contribution is 2.27. The van der Waals surface area contributed by atoms with Crippen LogP contribution in [0.15, 0.2) is 24.4 Å². The van der Waals surface area contributed by atoms with Gasteiger partial charge in [-0.1, -0.05) is 25.5 Å². The number of nitrogen functional groups attached to an aromatic ring is 1. The Morgan fingerprint density at radius 3 is 2.76 bits per heavy atom. The van der Waals surface area contributed by atoms with Crippen LogP contribution in [0.25, 0.3) is 11.0 Å². The highest BCUT2D eigenvalue weighted by atomic mass is 16.5. The van der Waals surface area contributed by atoms with E-state index in [-0.39, 0.29) is 18.6 Å². The molecule has 2 aromatic heterocycles. The first kappa shape index (κ1) is 24.2. The second-order valence-electron chi connectivity index (χ2n) is 8.78. The van der Waals surface area contributed by atoms with Gasteiger partial charge in [0, 0.05) is 50.9 Å². The van der Waals surface area contributed by atoms with Crippen molar-refractivity contribution in [2.24, 2.45) is 0 Å². The lowest BCUT2D eigenvalue weighted by Crippen LogP contribution is -2.42. The lowest BCUT2D eigenvalue weighted by molar-refractivity contribution is 0.233. The molecule has 0 spiro atoms. The van der Waals surface area contributed by atoms with Crippen LogP contribution in [0.3, 0.4) is 0 Å². The summed E-state index contributed by atoms with van der Waals surface area (Å²) >= 11 is 0. The van der Waals surface area contributed by atoms with Gasteiger partial charge in [-0.25, -0.2) is 4.98 Å². The van der Waals surface area contributed by atoms with Crippen molar-refractivity contribution in [3.63, 3.8) is 0 Å². The first-order chi connectivity index (χ1) is 16.6.